The van der Waals surface area contributed by atoms with Crippen molar-refractivity contribution in [3.8, 4) is 11.5 Å². The number of benzene rings is 1. The van der Waals surface area contributed by atoms with Crippen LogP contribution in [-0.4, -0.2) is 63.9 Å². The molecular weight excluding hydrogens is 348 g/mol. The maximum absolute atomic E-state index is 12.6. The van der Waals surface area contributed by atoms with Crippen LogP contribution >= 0.6 is 0 Å². The monoisotopic (exact) mass is 378 g/mol. The van der Waals surface area contributed by atoms with Crippen molar-refractivity contribution >= 4 is 17.5 Å². The highest BCUT2D eigenvalue weighted by atomic mass is 16.7. The molecule has 1 saturated heterocycles. The van der Waals surface area contributed by atoms with Gasteiger partial charge in [0.15, 0.2) is 24.1 Å². The van der Waals surface area contributed by atoms with Crippen LogP contribution in [0.2, 0.25) is 0 Å². The first kappa shape index (κ1) is 19.4. The van der Waals surface area contributed by atoms with Gasteiger partial charge in [0.05, 0.1) is 0 Å². The van der Waals surface area contributed by atoms with Crippen molar-refractivity contribution in [3.63, 3.8) is 0 Å². The van der Waals surface area contributed by atoms with Crippen LogP contribution in [0, 0.1) is 0 Å². The van der Waals surface area contributed by atoms with Gasteiger partial charge in [0.2, 0.25) is 6.79 Å². The fraction of sp³-hybridized carbons (Fsp3) is 0.579. The molecule has 148 valence electrons. The van der Waals surface area contributed by atoms with Crippen molar-refractivity contribution in [1.82, 2.24) is 5.32 Å². The molecule has 0 radical (unpaired) electrons. The third-order valence-corrected chi connectivity index (χ3v) is 5.23. The second-order valence-electron chi connectivity index (χ2n) is 7.21. The molecule has 0 bridgehead atoms. The zero-order chi connectivity index (χ0) is 19.2. The lowest BCUT2D eigenvalue weighted by molar-refractivity contribution is -1.01. The van der Waals surface area contributed by atoms with Gasteiger partial charge in [0, 0.05) is 18.3 Å². The molecule has 1 aromatic carbocycles. The predicted octanol–water partition coefficient (Wildman–Crippen LogP) is -1.95. The van der Waals surface area contributed by atoms with Gasteiger partial charge in [-0.05, 0) is 25.5 Å². The van der Waals surface area contributed by atoms with E-state index < -0.39 is 0 Å². The van der Waals surface area contributed by atoms with Gasteiger partial charge in [-0.15, -0.1) is 0 Å². The normalized spacial score (nSPS) is 22.1. The quantitative estimate of drug-likeness (QED) is 0.445. The third kappa shape index (κ3) is 5.11. The molecule has 0 aromatic heterocycles. The molecular formula is C19H30N4O4+2. The number of anilines is 1. The molecule has 1 fully saturated rings. The number of carbonyl (C=O) groups excluding carboxylic acids is 2. The van der Waals surface area contributed by atoms with Gasteiger partial charge < -0.3 is 29.9 Å². The third-order valence-electron chi connectivity index (χ3n) is 5.23. The number of hydrogen-bond acceptors (Lipinski definition) is 4. The summed E-state index contributed by atoms with van der Waals surface area (Å²) in [4.78, 5) is 27.0. The summed E-state index contributed by atoms with van der Waals surface area (Å²) in [6.07, 6.45) is 0.953. The van der Waals surface area contributed by atoms with E-state index in [2.05, 4.69) is 10.6 Å². The van der Waals surface area contributed by atoms with E-state index in [4.69, 9.17) is 9.47 Å². The smallest absolute Gasteiger partial charge is 0.282 e. The summed E-state index contributed by atoms with van der Waals surface area (Å²) in [5.74, 6) is 1.47. The first-order chi connectivity index (χ1) is 13.1. The molecule has 3 rings (SSSR count). The minimum Gasteiger partial charge on any atom is -0.454 e. The maximum Gasteiger partial charge on any atom is 0.282 e. The molecule has 0 aliphatic carbocycles. The highest BCUT2D eigenvalue weighted by Gasteiger charge is 2.32. The molecule has 2 aliphatic rings. The topological polar surface area (TPSA) is 85.5 Å². The Hall–Kier alpha value is -2.32. The molecule has 8 heteroatoms. The lowest BCUT2D eigenvalue weighted by atomic mass is 10.2. The van der Waals surface area contributed by atoms with Crippen LogP contribution in [0.3, 0.4) is 0 Å². The fourth-order valence-electron chi connectivity index (χ4n) is 3.50. The number of carbonyl (C=O) groups is 2. The predicted molar refractivity (Wildman–Crippen MR) is 100 cm³/mol. The summed E-state index contributed by atoms with van der Waals surface area (Å²) in [6.45, 7) is 9.04. The number of amides is 2. The van der Waals surface area contributed by atoms with Crippen LogP contribution in [0.4, 0.5) is 5.69 Å². The van der Waals surface area contributed by atoms with Gasteiger partial charge in [-0.25, -0.2) is 0 Å². The van der Waals surface area contributed by atoms with E-state index in [1.54, 1.807) is 12.1 Å². The molecule has 1 aromatic rings. The lowest BCUT2D eigenvalue weighted by Gasteiger charge is -2.32. The summed E-state index contributed by atoms with van der Waals surface area (Å²) in [6, 6.07) is 5.27. The highest BCUT2D eigenvalue weighted by Crippen LogP contribution is 2.34. The Bertz CT molecular complexity index is 674. The standard InChI is InChI=1S/C19H28N4O4/c1-3-6-20-18(24)12-22-7-9-23(10-8-22)14(2)19(25)21-15-4-5-16-17(11-15)27-13-26-16/h4-5,11,14H,3,6-10,12-13H2,1-2H3,(H,20,24)(H,21,25)/p+2/t14-/m1/s1. The van der Waals surface area contributed by atoms with Gasteiger partial charge in [0.25, 0.3) is 11.8 Å². The lowest BCUT2D eigenvalue weighted by Crippen LogP contribution is -3.30. The van der Waals surface area contributed by atoms with Crippen LogP contribution < -0.4 is 29.9 Å². The number of fused-ring (bicyclic) bond motifs is 1. The molecule has 0 spiro atoms. The average Bonchev–Trinajstić information content (AvgIpc) is 3.14. The number of piperazine rings is 1. The first-order valence-electron chi connectivity index (χ1n) is 9.72. The van der Waals surface area contributed by atoms with Crippen molar-refractivity contribution in [3.05, 3.63) is 18.2 Å². The van der Waals surface area contributed by atoms with E-state index in [1.165, 1.54) is 9.80 Å². The van der Waals surface area contributed by atoms with Gasteiger partial charge in [0.1, 0.15) is 26.2 Å². The maximum atomic E-state index is 12.6. The number of rotatable bonds is 7. The molecule has 2 aliphatic heterocycles. The number of hydrogen-bond donors (Lipinski definition) is 4. The van der Waals surface area contributed by atoms with Crippen LogP contribution in [0.25, 0.3) is 0 Å². The number of nitrogens with one attached hydrogen (secondary N) is 4. The van der Waals surface area contributed by atoms with E-state index in [9.17, 15) is 9.59 Å². The van der Waals surface area contributed by atoms with E-state index in [1.807, 2.05) is 19.9 Å². The van der Waals surface area contributed by atoms with E-state index in [-0.39, 0.29) is 24.6 Å². The summed E-state index contributed by atoms with van der Waals surface area (Å²) >= 11 is 0. The number of ether oxygens (including phenoxy) is 2. The van der Waals surface area contributed by atoms with Crippen molar-refractivity contribution in [2.45, 2.75) is 26.3 Å². The average molecular weight is 378 g/mol. The summed E-state index contributed by atoms with van der Waals surface area (Å²) in [5, 5.41) is 5.90. The molecule has 2 amide bonds. The summed E-state index contributed by atoms with van der Waals surface area (Å²) in [7, 11) is 0. The fourth-order valence-corrected chi connectivity index (χ4v) is 3.50. The second-order valence-corrected chi connectivity index (χ2v) is 7.21. The minimum atomic E-state index is -0.147. The van der Waals surface area contributed by atoms with Gasteiger partial charge in [-0.2, -0.15) is 0 Å². The molecule has 4 N–H and O–H groups in total. The minimum absolute atomic E-state index is 0.00648. The molecule has 8 nitrogen and oxygen atoms in total. The first-order valence-corrected chi connectivity index (χ1v) is 9.72. The van der Waals surface area contributed by atoms with Crippen LogP contribution in [0.15, 0.2) is 18.2 Å². The molecule has 27 heavy (non-hydrogen) atoms. The van der Waals surface area contributed by atoms with Gasteiger partial charge >= 0.3 is 0 Å². The largest absolute Gasteiger partial charge is 0.454 e. The van der Waals surface area contributed by atoms with E-state index >= 15 is 0 Å². The van der Waals surface area contributed by atoms with Crippen molar-refractivity contribution in [2.24, 2.45) is 0 Å². The molecule has 2 heterocycles. The SMILES string of the molecule is CCCNC(=O)C[NH+]1CC[NH+]([C@H](C)C(=O)Nc2ccc3c(c2)OCO3)CC1. The van der Waals surface area contributed by atoms with E-state index in [0.717, 1.165) is 39.1 Å². The van der Waals surface area contributed by atoms with Crippen molar-refractivity contribution in [2.75, 3.05) is 51.4 Å². The van der Waals surface area contributed by atoms with Gasteiger partial charge in [-0.3, -0.25) is 9.59 Å². The van der Waals surface area contributed by atoms with Crippen LogP contribution in [0.1, 0.15) is 20.3 Å². The number of quaternary nitrogens is 2. The molecule has 0 saturated carbocycles. The Balaban J connectivity index is 1.45. The second kappa shape index (κ2) is 9.05. The van der Waals surface area contributed by atoms with Crippen molar-refractivity contribution < 1.29 is 28.9 Å². The Morgan fingerprint density at radius 3 is 2.63 bits per heavy atom. The Kier molecular flexibility index (Phi) is 6.52. The highest BCUT2D eigenvalue weighted by molar-refractivity contribution is 5.94. The Morgan fingerprint density at radius 2 is 1.89 bits per heavy atom. The summed E-state index contributed by atoms with van der Waals surface area (Å²) < 4.78 is 10.6. The van der Waals surface area contributed by atoms with Crippen LogP contribution in [-0.2, 0) is 9.59 Å². The molecule has 0 unspecified atom stereocenters. The van der Waals surface area contributed by atoms with Crippen molar-refractivity contribution in [1.29, 1.82) is 0 Å². The zero-order valence-electron chi connectivity index (χ0n) is 16.1. The van der Waals surface area contributed by atoms with Gasteiger partial charge in [-0.1, -0.05) is 6.92 Å². The zero-order valence-corrected chi connectivity index (χ0v) is 16.1. The van der Waals surface area contributed by atoms with Crippen LogP contribution in [0.5, 0.6) is 11.5 Å². The van der Waals surface area contributed by atoms with E-state index in [0.29, 0.717) is 23.7 Å². The Labute approximate surface area is 159 Å². The summed E-state index contributed by atoms with van der Waals surface area (Å²) in [5.41, 5.74) is 0.715. The Morgan fingerprint density at radius 1 is 1.15 bits per heavy atom. The molecule has 1 atom stereocenters.